The van der Waals surface area contributed by atoms with Crippen molar-refractivity contribution in [2.45, 2.75) is 6.92 Å². The first-order valence-electron chi connectivity index (χ1n) is 11.5. The molecule has 1 saturated heterocycles. The van der Waals surface area contributed by atoms with E-state index >= 15 is 0 Å². The van der Waals surface area contributed by atoms with E-state index in [1.54, 1.807) is 18.5 Å². The second kappa shape index (κ2) is 9.90. The largest absolute Gasteiger partial charge is 0.378 e. The maximum absolute atomic E-state index is 11.8. The number of morpholine rings is 1. The van der Waals surface area contributed by atoms with E-state index < -0.39 is 0 Å². The van der Waals surface area contributed by atoms with Gasteiger partial charge in [-0.3, -0.25) is 9.78 Å². The summed E-state index contributed by atoms with van der Waals surface area (Å²) >= 11 is 0. The summed E-state index contributed by atoms with van der Waals surface area (Å²) in [6.45, 7) is 8.83. The van der Waals surface area contributed by atoms with E-state index in [1.807, 2.05) is 37.3 Å². The lowest BCUT2D eigenvalue weighted by Crippen LogP contribution is -2.36. The molecule has 4 aromatic rings. The molecule has 0 saturated carbocycles. The standard InChI is InChI=1S/C27H26N6O2/c1-3-24(34)30-21-10-11-28-23(16-21)25-18(2)4-5-19-17-29-27(32-26(19)25)31-20-6-8-22(9-7-20)33-12-14-35-15-13-33/h3-11,16-17H,1,12-15H2,2H3,(H,28,30,34)(H,29,31,32). The van der Waals surface area contributed by atoms with Crippen molar-refractivity contribution < 1.29 is 9.53 Å². The van der Waals surface area contributed by atoms with Crippen LogP contribution in [0.25, 0.3) is 22.2 Å². The van der Waals surface area contributed by atoms with Gasteiger partial charge in [-0.05, 0) is 55.0 Å². The Morgan fingerprint density at radius 2 is 1.86 bits per heavy atom. The number of amides is 1. The Morgan fingerprint density at radius 3 is 2.63 bits per heavy atom. The van der Waals surface area contributed by atoms with Gasteiger partial charge < -0.3 is 20.3 Å². The number of carbonyl (C=O) groups excluding carboxylic acids is 1. The Balaban J connectivity index is 1.45. The van der Waals surface area contributed by atoms with Crippen molar-refractivity contribution in [3.8, 4) is 11.3 Å². The van der Waals surface area contributed by atoms with Gasteiger partial charge in [0.25, 0.3) is 0 Å². The summed E-state index contributed by atoms with van der Waals surface area (Å²) < 4.78 is 5.44. The van der Waals surface area contributed by atoms with Gasteiger partial charge in [-0.25, -0.2) is 9.97 Å². The molecule has 1 amide bonds. The van der Waals surface area contributed by atoms with Crippen LogP contribution in [-0.4, -0.2) is 47.2 Å². The Labute approximate surface area is 203 Å². The molecule has 1 aliphatic rings. The lowest BCUT2D eigenvalue weighted by atomic mass is 10.0. The average Bonchev–Trinajstić information content (AvgIpc) is 2.89. The van der Waals surface area contributed by atoms with Crippen molar-refractivity contribution in [2.24, 2.45) is 0 Å². The van der Waals surface area contributed by atoms with Crippen molar-refractivity contribution in [2.75, 3.05) is 41.8 Å². The molecule has 0 spiro atoms. The average molecular weight is 467 g/mol. The van der Waals surface area contributed by atoms with Gasteiger partial charge in [0, 0.05) is 53.5 Å². The van der Waals surface area contributed by atoms with E-state index in [0.29, 0.717) is 11.6 Å². The van der Waals surface area contributed by atoms with Crippen LogP contribution in [0.15, 0.2) is 73.6 Å². The second-order valence-electron chi connectivity index (χ2n) is 8.28. The van der Waals surface area contributed by atoms with E-state index in [0.717, 1.165) is 59.7 Å². The molecule has 176 valence electrons. The van der Waals surface area contributed by atoms with Crippen molar-refractivity contribution in [3.63, 3.8) is 0 Å². The maximum Gasteiger partial charge on any atom is 0.247 e. The molecule has 2 aromatic carbocycles. The molecule has 8 nitrogen and oxygen atoms in total. The molecular formula is C27H26N6O2. The number of rotatable bonds is 6. The van der Waals surface area contributed by atoms with Gasteiger partial charge in [-0.1, -0.05) is 18.7 Å². The Morgan fingerprint density at radius 1 is 1.06 bits per heavy atom. The summed E-state index contributed by atoms with van der Waals surface area (Å²) in [4.78, 5) is 28.0. The second-order valence-corrected chi connectivity index (χ2v) is 8.28. The minimum absolute atomic E-state index is 0.273. The molecule has 2 N–H and O–H groups in total. The van der Waals surface area contributed by atoms with Crippen LogP contribution < -0.4 is 15.5 Å². The zero-order chi connectivity index (χ0) is 24.2. The van der Waals surface area contributed by atoms with Gasteiger partial charge in [0.15, 0.2) is 0 Å². The van der Waals surface area contributed by atoms with Crippen LogP contribution in [0.1, 0.15) is 5.56 Å². The number of nitrogens with one attached hydrogen (secondary N) is 2. The molecule has 0 unspecified atom stereocenters. The number of benzene rings is 2. The highest BCUT2D eigenvalue weighted by molar-refractivity contribution is 6.00. The maximum atomic E-state index is 11.8. The molecule has 1 aliphatic heterocycles. The van der Waals surface area contributed by atoms with Crippen LogP contribution in [0.4, 0.5) is 23.0 Å². The number of anilines is 4. The molecule has 0 atom stereocenters. The summed E-state index contributed by atoms with van der Waals surface area (Å²) in [5.41, 5.74) is 6.14. The van der Waals surface area contributed by atoms with Gasteiger partial charge in [0.2, 0.25) is 11.9 Å². The lowest BCUT2D eigenvalue weighted by molar-refractivity contribution is -0.111. The summed E-state index contributed by atoms with van der Waals surface area (Å²) in [6, 6.07) is 15.9. The van der Waals surface area contributed by atoms with Gasteiger partial charge in [0.05, 0.1) is 24.4 Å². The lowest BCUT2D eigenvalue weighted by Gasteiger charge is -2.28. The smallest absolute Gasteiger partial charge is 0.247 e. The molecule has 8 heteroatoms. The highest BCUT2D eigenvalue weighted by atomic mass is 16.5. The minimum Gasteiger partial charge on any atom is -0.378 e. The third-order valence-corrected chi connectivity index (χ3v) is 5.93. The predicted octanol–water partition coefficient (Wildman–Crippen LogP) is 4.70. The number of carbonyl (C=O) groups is 1. The van der Waals surface area contributed by atoms with Gasteiger partial charge in [0.1, 0.15) is 0 Å². The topological polar surface area (TPSA) is 92.3 Å². The van der Waals surface area contributed by atoms with Crippen LogP contribution in [0.5, 0.6) is 0 Å². The normalized spacial score (nSPS) is 13.5. The van der Waals surface area contributed by atoms with E-state index in [2.05, 4.69) is 44.2 Å². The first-order chi connectivity index (χ1) is 17.1. The summed E-state index contributed by atoms with van der Waals surface area (Å²) in [6.07, 6.45) is 4.71. The fraction of sp³-hybridized carbons (Fsp3) is 0.185. The Bertz CT molecular complexity index is 1380. The molecule has 0 aliphatic carbocycles. The van der Waals surface area contributed by atoms with E-state index in [4.69, 9.17) is 9.72 Å². The van der Waals surface area contributed by atoms with Crippen LogP contribution in [0.3, 0.4) is 0 Å². The number of aromatic nitrogens is 3. The first kappa shape index (κ1) is 22.5. The SMILES string of the molecule is C=CC(=O)Nc1ccnc(-c2c(C)ccc3cnc(Nc4ccc(N5CCOCC5)cc4)nc23)c1. The molecule has 0 radical (unpaired) electrons. The van der Waals surface area contributed by atoms with Gasteiger partial charge >= 0.3 is 0 Å². The van der Waals surface area contributed by atoms with E-state index in [9.17, 15) is 4.79 Å². The highest BCUT2D eigenvalue weighted by Gasteiger charge is 2.14. The van der Waals surface area contributed by atoms with Crippen molar-refractivity contribution >= 4 is 39.8 Å². The molecule has 0 bridgehead atoms. The number of hydrogen-bond donors (Lipinski definition) is 2. The summed E-state index contributed by atoms with van der Waals surface area (Å²) in [5.74, 6) is 0.227. The number of aryl methyl sites for hydroxylation is 1. The van der Waals surface area contributed by atoms with Crippen LogP contribution in [0, 0.1) is 6.92 Å². The van der Waals surface area contributed by atoms with Gasteiger partial charge in [-0.15, -0.1) is 0 Å². The van der Waals surface area contributed by atoms with E-state index in [-0.39, 0.29) is 5.91 Å². The Kier molecular flexibility index (Phi) is 6.36. The van der Waals surface area contributed by atoms with Crippen molar-refractivity contribution in [1.29, 1.82) is 0 Å². The number of fused-ring (bicyclic) bond motifs is 1. The molecule has 5 rings (SSSR count). The monoisotopic (exact) mass is 466 g/mol. The molecule has 3 heterocycles. The Hall–Kier alpha value is -4.30. The molecule has 1 fully saturated rings. The zero-order valence-electron chi connectivity index (χ0n) is 19.5. The predicted molar refractivity (Wildman–Crippen MR) is 139 cm³/mol. The summed E-state index contributed by atoms with van der Waals surface area (Å²) in [7, 11) is 0. The van der Waals surface area contributed by atoms with Gasteiger partial charge in [-0.2, -0.15) is 0 Å². The third-order valence-electron chi connectivity index (χ3n) is 5.93. The molecule has 35 heavy (non-hydrogen) atoms. The minimum atomic E-state index is -0.273. The number of hydrogen-bond acceptors (Lipinski definition) is 7. The van der Waals surface area contributed by atoms with Crippen LogP contribution >= 0.6 is 0 Å². The van der Waals surface area contributed by atoms with Crippen molar-refractivity contribution in [3.05, 3.63) is 79.1 Å². The van der Waals surface area contributed by atoms with Crippen LogP contribution in [-0.2, 0) is 9.53 Å². The number of ether oxygens (including phenoxy) is 1. The first-order valence-corrected chi connectivity index (χ1v) is 11.5. The molecular weight excluding hydrogens is 440 g/mol. The van der Waals surface area contributed by atoms with E-state index in [1.165, 1.54) is 11.8 Å². The van der Waals surface area contributed by atoms with Crippen LogP contribution in [0.2, 0.25) is 0 Å². The zero-order valence-corrected chi connectivity index (χ0v) is 19.5. The third kappa shape index (κ3) is 4.97. The number of pyridine rings is 1. The molecule has 2 aromatic heterocycles. The highest BCUT2D eigenvalue weighted by Crippen LogP contribution is 2.31. The fourth-order valence-corrected chi connectivity index (χ4v) is 4.13. The van der Waals surface area contributed by atoms with Crippen molar-refractivity contribution in [1.82, 2.24) is 15.0 Å². The number of nitrogens with zero attached hydrogens (tertiary/aromatic N) is 4. The fourth-order valence-electron chi connectivity index (χ4n) is 4.13. The quantitative estimate of drug-likeness (QED) is 0.398. The summed E-state index contributed by atoms with van der Waals surface area (Å²) in [5, 5.41) is 7.01.